The van der Waals surface area contributed by atoms with Gasteiger partial charge < -0.3 is 24.5 Å². The van der Waals surface area contributed by atoms with Crippen molar-refractivity contribution in [1.82, 2.24) is 34.6 Å². The summed E-state index contributed by atoms with van der Waals surface area (Å²) in [4.78, 5) is 51.2. The summed E-state index contributed by atoms with van der Waals surface area (Å²) in [5.41, 5.74) is 9.46. The fourth-order valence-electron chi connectivity index (χ4n) is 9.70. The van der Waals surface area contributed by atoms with Gasteiger partial charge in [0.15, 0.2) is 0 Å². The molecule has 2 fully saturated rings. The SMILES string of the molecule is CCN(CC)[C@@H](C(=O)N1CCC[C@H]1c1ncc(-c2ccc(-c3ccc(-c4cnc([C@@H]5CCCN5C(=O)[C@@H](C)Cc5ccc(OCc6ccccc6)cc5)[nH]4)cc3)cc2)[nH]1)c1ccccc1. The van der Waals surface area contributed by atoms with E-state index in [1.807, 2.05) is 77.6 Å². The molecule has 4 atom stereocenters. The number of likely N-dealkylation sites (tertiary alicyclic amines) is 2. The fourth-order valence-corrected chi connectivity index (χ4v) is 9.70. The molecule has 4 heterocycles. The average Bonchev–Trinajstić information content (AvgIpc) is 4.21. The van der Waals surface area contributed by atoms with Crippen molar-refractivity contribution in [2.45, 2.75) is 77.6 Å². The van der Waals surface area contributed by atoms with Crippen LogP contribution in [0.5, 0.6) is 5.75 Å². The smallest absolute Gasteiger partial charge is 0.245 e. The molecule has 0 unspecified atom stereocenters. The molecule has 2 N–H and O–H groups in total. The zero-order valence-corrected chi connectivity index (χ0v) is 37.7. The van der Waals surface area contributed by atoms with E-state index in [0.29, 0.717) is 13.0 Å². The Kier molecular flexibility index (Phi) is 13.3. The van der Waals surface area contributed by atoms with Crippen LogP contribution in [0.1, 0.15) is 92.9 Å². The Labute approximate surface area is 382 Å². The van der Waals surface area contributed by atoms with Crippen LogP contribution in [0.25, 0.3) is 33.6 Å². The lowest BCUT2D eigenvalue weighted by Gasteiger charge is -2.34. The Morgan fingerprint density at radius 2 is 1.12 bits per heavy atom. The number of amides is 2. The number of nitrogens with zero attached hydrogens (tertiary/aromatic N) is 5. The molecule has 9 rings (SSSR count). The van der Waals surface area contributed by atoms with Crippen LogP contribution in [-0.2, 0) is 22.6 Å². The third-order valence-electron chi connectivity index (χ3n) is 13.3. The molecular weight excluding hydrogens is 807 g/mol. The number of benzene rings is 5. The van der Waals surface area contributed by atoms with E-state index in [4.69, 9.17) is 14.7 Å². The zero-order valence-electron chi connectivity index (χ0n) is 37.7. The molecular formula is C55H59N7O3. The molecule has 10 heteroatoms. The number of hydrogen-bond acceptors (Lipinski definition) is 6. The van der Waals surface area contributed by atoms with Gasteiger partial charge in [0.1, 0.15) is 30.0 Å². The minimum Gasteiger partial charge on any atom is -0.489 e. The average molecular weight is 866 g/mol. The number of aromatic amines is 2. The summed E-state index contributed by atoms with van der Waals surface area (Å²) in [6.45, 7) is 9.84. The lowest BCUT2D eigenvalue weighted by Crippen LogP contribution is -2.43. The first-order valence-electron chi connectivity index (χ1n) is 23.3. The molecule has 0 aliphatic carbocycles. The van der Waals surface area contributed by atoms with Crippen LogP contribution >= 0.6 is 0 Å². The van der Waals surface area contributed by atoms with Crippen molar-refractivity contribution in [3.8, 4) is 39.4 Å². The molecule has 332 valence electrons. The predicted octanol–water partition coefficient (Wildman–Crippen LogP) is 11.0. The lowest BCUT2D eigenvalue weighted by molar-refractivity contribution is -0.138. The van der Waals surface area contributed by atoms with Crippen molar-refractivity contribution in [1.29, 1.82) is 0 Å². The highest BCUT2D eigenvalue weighted by atomic mass is 16.5. The van der Waals surface area contributed by atoms with Gasteiger partial charge in [-0.2, -0.15) is 0 Å². The second-order valence-corrected chi connectivity index (χ2v) is 17.5. The first-order valence-corrected chi connectivity index (χ1v) is 23.3. The van der Waals surface area contributed by atoms with Gasteiger partial charge in [-0.25, -0.2) is 9.97 Å². The highest BCUT2D eigenvalue weighted by Gasteiger charge is 2.38. The molecule has 2 saturated heterocycles. The molecule has 5 aromatic carbocycles. The maximum Gasteiger partial charge on any atom is 0.245 e. The first kappa shape index (κ1) is 43.5. The summed E-state index contributed by atoms with van der Waals surface area (Å²) in [5, 5.41) is 0. The second kappa shape index (κ2) is 19.9. The van der Waals surface area contributed by atoms with Crippen molar-refractivity contribution >= 4 is 11.8 Å². The van der Waals surface area contributed by atoms with E-state index in [2.05, 4.69) is 114 Å². The molecule has 2 aliphatic rings. The summed E-state index contributed by atoms with van der Waals surface area (Å²) < 4.78 is 5.97. The zero-order chi connectivity index (χ0) is 44.7. The molecule has 7 aromatic rings. The Hall–Kier alpha value is -6.78. The molecule has 2 aromatic heterocycles. The van der Waals surface area contributed by atoms with E-state index in [1.54, 1.807) is 0 Å². The van der Waals surface area contributed by atoms with E-state index in [1.165, 1.54) is 0 Å². The summed E-state index contributed by atoms with van der Waals surface area (Å²) in [5.74, 6) is 2.64. The molecule has 10 nitrogen and oxygen atoms in total. The van der Waals surface area contributed by atoms with Gasteiger partial charge in [0.05, 0.1) is 35.9 Å². The monoisotopic (exact) mass is 865 g/mol. The maximum absolute atomic E-state index is 14.3. The molecule has 0 radical (unpaired) electrons. The van der Waals surface area contributed by atoms with Gasteiger partial charge >= 0.3 is 0 Å². The number of hydrogen-bond donors (Lipinski definition) is 2. The number of carbonyl (C=O) groups is 2. The number of ether oxygens (including phenoxy) is 1. The van der Waals surface area contributed by atoms with Crippen molar-refractivity contribution < 1.29 is 14.3 Å². The number of rotatable bonds is 16. The standard InChI is InChI=1S/C55H59N7O3/c1-4-60(5-2)51(45-16-10-7-11-17-45)55(64)62-33-13-19-50(62)53-57-36-48(59-53)44-28-24-42(25-29-44)41-22-26-43(27-23-41)47-35-56-52(58-47)49-18-12-32-61(49)54(63)38(3)34-39-20-30-46(31-21-39)65-37-40-14-8-6-9-15-40/h6-11,14-17,20-31,35-36,38,49-51H,4-5,12-13,18-19,32-34,37H2,1-3H3,(H,56,58)(H,57,59)/t38-,49-,50-,51+/m0/s1. The summed E-state index contributed by atoms with van der Waals surface area (Å²) >= 11 is 0. The Morgan fingerprint density at radius 3 is 1.65 bits per heavy atom. The summed E-state index contributed by atoms with van der Waals surface area (Å²) in [6, 6.07) is 45.0. The Morgan fingerprint density at radius 1 is 0.631 bits per heavy atom. The van der Waals surface area contributed by atoms with Gasteiger partial charge in [-0.15, -0.1) is 0 Å². The van der Waals surface area contributed by atoms with Gasteiger partial charge in [-0.1, -0.05) is 142 Å². The minimum absolute atomic E-state index is 0.0691. The predicted molar refractivity (Wildman–Crippen MR) is 257 cm³/mol. The molecule has 2 amide bonds. The van der Waals surface area contributed by atoms with Crippen LogP contribution < -0.4 is 4.74 Å². The number of aromatic nitrogens is 4. The van der Waals surface area contributed by atoms with E-state index < -0.39 is 0 Å². The number of imidazole rings is 2. The highest BCUT2D eigenvalue weighted by Crippen LogP contribution is 2.37. The Balaban J connectivity index is 0.807. The van der Waals surface area contributed by atoms with Crippen molar-refractivity contribution in [2.75, 3.05) is 26.2 Å². The van der Waals surface area contributed by atoms with Gasteiger partial charge in [-0.05, 0) is 96.3 Å². The van der Waals surface area contributed by atoms with E-state index in [9.17, 15) is 9.59 Å². The van der Waals surface area contributed by atoms with E-state index >= 15 is 0 Å². The summed E-state index contributed by atoms with van der Waals surface area (Å²) in [7, 11) is 0. The third-order valence-corrected chi connectivity index (χ3v) is 13.3. The summed E-state index contributed by atoms with van der Waals surface area (Å²) in [6.07, 6.45) is 8.12. The molecule has 0 bridgehead atoms. The van der Waals surface area contributed by atoms with Crippen molar-refractivity contribution in [3.05, 3.63) is 174 Å². The van der Waals surface area contributed by atoms with Crippen molar-refractivity contribution in [2.24, 2.45) is 5.92 Å². The number of nitrogens with one attached hydrogen (secondary N) is 2. The van der Waals surface area contributed by atoms with Crippen LogP contribution in [0.15, 0.2) is 146 Å². The van der Waals surface area contributed by atoms with Gasteiger partial charge in [0.2, 0.25) is 11.8 Å². The van der Waals surface area contributed by atoms with Crippen LogP contribution in [-0.4, -0.2) is 72.6 Å². The fraction of sp³-hybridized carbons (Fsp3) is 0.309. The largest absolute Gasteiger partial charge is 0.489 e. The molecule has 2 aliphatic heterocycles. The number of carbonyl (C=O) groups excluding carboxylic acids is 2. The van der Waals surface area contributed by atoms with Crippen LogP contribution in [0, 0.1) is 5.92 Å². The number of H-pyrrole nitrogens is 2. The quantitative estimate of drug-likeness (QED) is 0.100. The molecule has 0 spiro atoms. The van der Waals surface area contributed by atoms with Gasteiger partial charge in [-0.3, -0.25) is 14.5 Å². The lowest BCUT2D eigenvalue weighted by atomic mass is 9.99. The second-order valence-electron chi connectivity index (χ2n) is 17.5. The van der Waals surface area contributed by atoms with Gasteiger partial charge in [0, 0.05) is 19.0 Å². The van der Waals surface area contributed by atoms with E-state index in [-0.39, 0.29) is 35.9 Å². The Bertz CT molecular complexity index is 2640. The number of likely N-dealkylation sites (N-methyl/N-ethyl adjacent to an activating group) is 1. The topological polar surface area (TPSA) is 110 Å². The third kappa shape index (κ3) is 9.69. The van der Waals surface area contributed by atoms with E-state index in [0.717, 1.165) is 120 Å². The van der Waals surface area contributed by atoms with Crippen LogP contribution in [0.3, 0.4) is 0 Å². The van der Waals surface area contributed by atoms with Gasteiger partial charge in [0.25, 0.3) is 0 Å². The first-order chi connectivity index (χ1) is 31.9. The van der Waals surface area contributed by atoms with Crippen LogP contribution in [0.4, 0.5) is 0 Å². The molecule has 0 saturated carbocycles. The normalized spacial score (nSPS) is 17.1. The van der Waals surface area contributed by atoms with Crippen molar-refractivity contribution in [3.63, 3.8) is 0 Å². The minimum atomic E-state index is -0.317. The van der Waals surface area contributed by atoms with Crippen LogP contribution in [0.2, 0.25) is 0 Å². The maximum atomic E-state index is 14.3. The highest BCUT2D eigenvalue weighted by molar-refractivity contribution is 5.84. The molecule has 65 heavy (non-hydrogen) atoms.